The van der Waals surface area contributed by atoms with Gasteiger partial charge in [-0.1, -0.05) is 0 Å². The van der Waals surface area contributed by atoms with Crippen LogP contribution >= 0.6 is 31.9 Å². The standard InChI is InChI=1S/2C5H5BrN2/c6-4-3-8-2-1-5(4)7;6-4-1-2-5(7)8-3-4/h2*1-3H,(H2,7,8). The van der Waals surface area contributed by atoms with Crippen LogP contribution in [0.25, 0.3) is 0 Å². The highest BCUT2D eigenvalue weighted by Gasteiger charge is 1.88. The lowest BCUT2D eigenvalue weighted by molar-refractivity contribution is 1.31. The number of nitrogen functional groups attached to an aromatic ring is 2. The van der Waals surface area contributed by atoms with Gasteiger partial charge in [-0.05, 0) is 50.1 Å². The first-order chi connectivity index (χ1) is 7.59. The minimum absolute atomic E-state index is 0.549. The van der Waals surface area contributed by atoms with E-state index in [-0.39, 0.29) is 0 Å². The summed E-state index contributed by atoms with van der Waals surface area (Å²) in [4.78, 5) is 7.63. The second-order valence-corrected chi connectivity index (χ2v) is 4.57. The lowest BCUT2D eigenvalue weighted by Gasteiger charge is -1.91. The summed E-state index contributed by atoms with van der Waals surface area (Å²) in [7, 11) is 0. The van der Waals surface area contributed by atoms with Gasteiger partial charge in [-0.2, -0.15) is 0 Å². The van der Waals surface area contributed by atoms with E-state index in [1.807, 2.05) is 6.07 Å². The highest BCUT2D eigenvalue weighted by Crippen LogP contribution is 2.14. The van der Waals surface area contributed by atoms with Gasteiger partial charge in [-0.25, -0.2) is 4.98 Å². The molecule has 0 saturated carbocycles. The van der Waals surface area contributed by atoms with Gasteiger partial charge in [0, 0.05) is 28.8 Å². The summed E-state index contributed by atoms with van der Waals surface area (Å²) in [5, 5.41) is 0. The zero-order chi connectivity index (χ0) is 12.0. The number of aromatic nitrogens is 2. The number of hydrogen-bond acceptors (Lipinski definition) is 4. The van der Waals surface area contributed by atoms with Crippen molar-refractivity contribution in [3.63, 3.8) is 0 Å². The Balaban J connectivity index is 0.000000160. The van der Waals surface area contributed by atoms with Crippen LogP contribution in [0.15, 0.2) is 45.7 Å². The first-order valence-electron chi connectivity index (χ1n) is 4.31. The van der Waals surface area contributed by atoms with E-state index in [9.17, 15) is 0 Å². The number of halogens is 2. The first kappa shape index (κ1) is 12.9. The molecule has 0 aromatic carbocycles. The summed E-state index contributed by atoms with van der Waals surface area (Å²) in [5.74, 6) is 0.549. The molecule has 0 fully saturated rings. The Labute approximate surface area is 110 Å². The highest BCUT2D eigenvalue weighted by molar-refractivity contribution is 9.10. The molecule has 0 aliphatic carbocycles. The van der Waals surface area contributed by atoms with Crippen molar-refractivity contribution in [2.45, 2.75) is 0 Å². The maximum Gasteiger partial charge on any atom is 0.123 e. The number of hydrogen-bond donors (Lipinski definition) is 2. The van der Waals surface area contributed by atoms with E-state index in [1.165, 1.54) is 0 Å². The molecule has 2 rings (SSSR count). The molecule has 0 spiro atoms. The Hall–Kier alpha value is -1.14. The molecule has 0 bridgehead atoms. The van der Waals surface area contributed by atoms with E-state index in [0.717, 1.165) is 14.6 Å². The molecule has 6 heteroatoms. The van der Waals surface area contributed by atoms with Crippen LogP contribution in [0.1, 0.15) is 0 Å². The third-order valence-electron chi connectivity index (χ3n) is 1.55. The van der Waals surface area contributed by atoms with Crippen molar-refractivity contribution in [2.75, 3.05) is 11.5 Å². The maximum atomic E-state index is 5.43. The van der Waals surface area contributed by atoms with Crippen LogP contribution in [0.2, 0.25) is 0 Å². The molecule has 0 amide bonds. The Morgan fingerprint density at radius 3 is 2.12 bits per heavy atom. The lowest BCUT2D eigenvalue weighted by Crippen LogP contribution is -1.86. The van der Waals surface area contributed by atoms with E-state index >= 15 is 0 Å². The minimum atomic E-state index is 0.549. The van der Waals surface area contributed by atoms with E-state index in [2.05, 4.69) is 41.8 Å². The molecule has 0 aliphatic rings. The maximum absolute atomic E-state index is 5.43. The van der Waals surface area contributed by atoms with E-state index in [1.54, 1.807) is 30.7 Å². The Kier molecular flexibility index (Phi) is 5.21. The molecule has 0 saturated heterocycles. The van der Waals surface area contributed by atoms with Gasteiger partial charge >= 0.3 is 0 Å². The molecule has 84 valence electrons. The normalized spacial score (nSPS) is 9.12. The van der Waals surface area contributed by atoms with Crippen molar-refractivity contribution < 1.29 is 0 Å². The van der Waals surface area contributed by atoms with Crippen molar-refractivity contribution in [3.8, 4) is 0 Å². The van der Waals surface area contributed by atoms with Crippen molar-refractivity contribution in [1.29, 1.82) is 0 Å². The molecule has 0 aliphatic heterocycles. The van der Waals surface area contributed by atoms with Crippen LogP contribution in [-0.2, 0) is 0 Å². The summed E-state index contributed by atoms with van der Waals surface area (Å²) >= 11 is 6.44. The van der Waals surface area contributed by atoms with Crippen LogP contribution in [0.5, 0.6) is 0 Å². The van der Waals surface area contributed by atoms with E-state index < -0.39 is 0 Å². The predicted octanol–water partition coefficient (Wildman–Crippen LogP) is 2.85. The van der Waals surface area contributed by atoms with Gasteiger partial charge in [0.05, 0.1) is 4.47 Å². The zero-order valence-corrected chi connectivity index (χ0v) is 11.4. The van der Waals surface area contributed by atoms with Crippen LogP contribution in [0.3, 0.4) is 0 Å². The molecule has 4 nitrogen and oxygen atoms in total. The van der Waals surface area contributed by atoms with Gasteiger partial charge in [0.2, 0.25) is 0 Å². The van der Waals surface area contributed by atoms with Gasteiger partial charge in [0.15, 0.2) is 0 Å². The number of rotatable bonds is 0. The van der Waals surface area contributed by atoms with Crippen molar-refractivity contribution in [1.82, 2.24) is 9.97 Å². The van der Waals surface area contributed by atoms with Crippen LogP contribution in [0, 0.1) is 0 Å². The molecule has 2 aromatic heterocycles. The molecule has 16 heavy (non-hydrogen) atoms. The van der Waals surface area contributed by atoms with Gasteiger partial charge in [0.25, 0.3) is 0 Å². The first-order valence-corrected chi connectivity index (χ1v) is 5.90. The molecule has 4 N–H and O–H groups in total. The molecule has 2 heterocycles. The second kappa shape index (κ2) is 6.44. The average molecular weight is 346 g/mol. The zero-order valence-electron chi connectivity index (χ0n) is 8.27. The van der Waals surface area contributed by atoms with Gasteiger partial charge in [-0.3, -0.25) is 4.98 Å². The summed E-state index contributed by atoms with van der Waals surface area (Å²) in [6.45, 7) is 0. The van der Waals surface area contributed by atoms with E-state index in [0.29, 0.717) is 5.82 Å². The monoisotopic (exact) mass is 344 g/mol. The SMILES string of the molecule is Nc1ccc(Br)cn1.Nc1ccncc1Br. The van der Waals surface area contributed by atoms with Crippen LogP contribution in [0.4, 0.5) is 11.5 Å². The Morgan fingerprint density at radius 2 is 1.75 bits per heavy atom. The Bertz CT molecular complexity index is 403. The summed E-state index contributed by atoms with van der Waals surface area (Å²) < 4.78 is 1.80. The smallest absolute Gasteiger partial charge is 0.123 e. The largest absolute Gasteiger partial charge is 0.398 e. The summed E-state index contributed by atoms with van der Waals surface area (Å²) in [6, 6.07) is 5.33. The van der Waals surface area contributed by atoms with Gasteiger partial charge in [0.1, 0.15) is 5.82 Å². The van der Waals surface area contributed by atoms with Crippen LogP contribution < -0.4 is 11.5 Å². The van der Waals surface area contributed by atoms with E-state index in [4.69, 9.17) is 11.5 Å². The molecular weight excluding hydrogens is 336 g/mol. The average Bonchev–Trinajstić information content (AvgIpc) is 2.28. The number of nitrogens with two attached hydrogens (primary N) is 2. The fraction of sp³-hybridized carbons (Fsp3) is 0. The van der Waals surface area contributed by atoms with Crippen molar-refractivity contribution in [3.05, 3.63) is 45.7 Å². The molecule has 0 radical (unpaired) electrons. The third kappa shape index (κ3) is 4.59. The molecule has 2 aromatic rings. The molecule has 0 unspecified atom stereocenters. The van der Waals surface area contributed by atoms with Gasteiger partial charge in [-0.15, -0.1) is 0 Å². The quantitative estimate of drug-likeness (QED) is 0.769. The summed E-state index contributed by atoms with van der Waals surface area (Å²) in [6.07, 6.45) is 4.98. The Morgan fingerprint density at radius 1 is 1.00 bits per heavy atom. The minimum Gasteiger partial charge on any atom is -0.398 e. The lowest BCUT2D eigenvalue weighted by atomic mass is 10.4. The number of nitrogens with zero attached hydrogens (tertiary/aromatic N) is 2. The topological polar surface area (TPSA) is 77.8 Å². The van der Waals surface area contributed by atoms with Gasteiger partial charge < -0.3 is 11.5 Å². The number of pyridine rings is 2. The highest BCUT2D eigenvalue weighted by atomic mass is 79.9. The van der Waals surface area contributed by atoms with Crippen LogP contribution in [-0.4, -0.2) is 9.97 Å². The summed E-state index contributed by atoms with van der Waals surface area (Å²) in [5.41, 5.74) is 11.4. The molecule has 0 atom stereocenters. The number of anilines is 2. The van der Waals surface area contributed by atoms with Crippen molar-refractivity contribution >= 4 is 43.4 Å². The fourth-order valence-corrected chi connectivity index (χ4v) is 1.26. The predicted molar refractivity (Wildman–Crippen MR) is 72.7 cm³/mol. The third-order valence-corrected chi connectivity index (χ3v) is 2.69. The van der Waals surface area contributed by atoms with Crippen molar-refractivity contribution in [2.24, 2.45) is 0 Å². The molecular formula is C10H10Br2N4. The second-order valence-electron chi connectivity index (χ2n) is 2.80. The fourth-order valence-electron chi connectivity index (χ4n) is 0.773.